The summed E-state index contributed by atoms with van der Waals surface area (Å²) in [4.78, 5) is 12.1. The van der Waals surface area contributed by atoms with Crippen LogP contribution in [0.3, 0.4) is 0 Å². The van der Waals surface area contributed by atoms with Gasteiger partial charge in [-0.25, -0.2) is 0 Å². The predicted molar refractivity (Wildman–Crippen MR) is 80.8 cm³/mol. The van der Waals surface area contributed by atoms with E-state index in [1.807, 2.05) is 0 Å². The molecule has 0 unspecified atom stereocenters. The fourth-order valence-electron chi connectivity index (χ4n) is 1.76. The highest BCUT2D eigenvalue weighted by atomic mass is 32.2. The standard InChI is InChI=1S/C15H13F3N2O2S/c1-10(23-13-7-2-3-8-20(13)22)14(21)19-12-6-4-5-11(9-12)15(16,17)18/h2-10H,1H3,(H,19,21)/t10-/m0/s1. The van der Waals surface area contributed by atoms with Gasteiger partial charge < -0.3 is 10.5 Å². The van der Waals surface area contributed by atoms with Gasteiger partial charge in [0.1, 0.15) is 0 Å². The number of carbonyl (C=O) groups is 1. The molecule has 0 aliphatic heterocycles. The first-order valence-corrected chi connectivity index (χ1v) is 7.48. The normalized spacial score (nSPS) is 12.7. The van der Waals surface area contributed by atoms with E-state index in [4.69, 9.17) is 0 Å². The summed E-state index contributed by atoms with van der Waals surface area (Å²) in [5.41, 5.74) is -0.781. The number of amides is 1. The summed E-state index contributed by atoms with van der Waals surface area (Å²) < 4.78 is 38.5. The molecule has 0 fully saturated rings. The van der Waals surface area contributed by atoms with Gasteiger partial charge in [0.15, 0.2) is 6.20 Å². The van der Waals surface area contributed by atoms with Crippen LogP contribution in [0.2, 0.25) is 0 Å². The molecule has 0 saturated carbocycles. The van der Waals surface area contributed by atoms with Crippen molar-refractivity contribution in [3.05, 3.63) is 59.4 Å². The molecule has 1 N–H and O–H groups in total. The van der Waals surface area contributed by atoms with Crippen LogP contribution in [0.1, 0.15) is 12.5 Å². The summed E-state index contributed by atoms with van der Waals surface area (Å²) in [5.74, 6) is -0.488. The minimum Gasteiger partial charge on any atom is -0.618 e. The van der Waals surface area contributed by atoms with Crippen molar-refractivity contribution in [3.63, 3.8) is 0 Å². The highest BCUT2D eigenvalue weighted by molar-refractivity contribution is 8.00. The molecule has 0 saturated heterocycles. The molecule has 1 amide bonds. The largest absolute Gasteiger partial charge is 0.618 e. The smallest absolute Gasteiger partial charge is 0.416 e. The van der Waals surface area contributed by atoms with E-state index in [1.54, 1.807) is 25.1 Å². The zero-order chi connectivity index (χ0) is 17.0. The summed E-state index contributed by atoms with van der Waals surface area (Å²) in [6.45, 7) is 1.57. The minimum absolute atomic E-state index is 0.0559. The average molecular weight is 342 g/mol. The van der Waals surface area contributed by atoms with Crippen molar-refractivity contribution in [2.24, 2.45) is 0 Å². The number of halogens is 3. The Morgan fingerprint density at radius 1 is 1.26 bits per heavy atom. The summed E-state index contributed by atoms with van der Waals surface area (Å²) in [6.07, 6.45) is -3.17. The molecule has 2 aromatic rings. The Balaban J connectivity index is 2.06. The number of nitrogens with zero attached hydrogens (tertiary/aromatic N) is 1. The third-order valence-electron chi connectivity index (χ3n) is 2.91. The highest BCUT2D eigenvalue weighted by Gasteiger charge is 2.30. The van der Waals surface area contributed by atoms with Gasteiger partial charge in [0.05, 0.1) is 10.8 Å². The maximum absolute atomic E-state index is 12.6. The van der Waals surface area contributed by atoms with Crippen molar-refractivity contribution in [2.45, 2.75) is 23.4 Å². The minimum atomic E-state index is -4.47. The number of benzene rings is 1. The molecule has 0 spiro atoms. The van der Waals surface area contributed by atoms with E-state index in [0.29, 0.717) is 9.76 Å². The van der Waals surface area contributed by atoms with Crippen molar-refractivity contribution in [2.75, 3.05) is 5.32 Å². The molecule has 0 aliphatic carbocycles. The molecule has 0 bridgehead atoms. The number of alkyl halides is 3. The first-order valence-electron chi connectivity index (χ1n) is 6.60. The molecule has 0 radical (unpaired) electrons. The lowest BCUT2D eigenvalue weighted by Gasteiger charge is -2.13. The van der Waals surface area contributed by atoms with Gasteiger partial charge in [-0.05, 0) is 43.0 Å². The van der Waals surface area contributed by atoms with E-state index in [0.717, 1.165) is 23.9 Å². The highest BCUT2D eigenvalue weighted by Crippen LogP contribution is 2.31. The predicted octanol–water partition coefficient (Wildman–Crippen LogP) is 3.46. The first kappa shape index (κ1) is 17.1. The quantitative estimate of drug-likeness (QED) is 0.526. The van der Waals surface area contributed by atoms with Crippen molar-refractivity contribution in [3.8, 4) is 0 Å². The maximum Gasteiger partial charge on any atom is 0.416 e. The van der Waals surface area contributed by atoms with Crippen molar-refractivity contribution in [1.82, 2.24) is 0 Å². The first-order chi connectivity index (χ1) is 10.8. The Morgan fingerprint density at radius 2 is 2.00 bits per heavy atom. The van der Waals surface area contributed by atoms with E-state index < -0.39 is 22.9 Å². The van der Waals surface area contributed by atoms with Crippen LogP contribution in [0, 0.1) is 5.21 Å². The number of hydrogen-bond acceptors (Lipinski definition) is 3. The number of nitrogens with one attached hydrogen (secondary N) is 1. The number of aromatic nitrogens is 1. The fourth-order valence-corrected chi connectivity index (χ4v) is 2.61. The van der Waals surface area contributed by atoms with Crippen LogP contribution in [0.25, 0.3) is 0 Å². The molecule has 122 valence electrons. The Kier molecular flexibility index (Phi) is 5.15. The number of anilines is 1. The van der Waals surface area contributed by atoms with Crippen LogP contribution in [0.15, 0.2) is 53.7 Å². The summed E-state index contributed by atoms with van der Waals surface area (Å²) in [7, 11) is 0. The van der Waals surface area contributed by atoms with Gasteiger partial charge in [0.25, 0.3) is 5.03 Å². The van der Waals surface area contributed by atoms with Crippen LogP contribution < -0.4 is 10.0 Å². The lowest BCUT2D eigenvalue weighted by Crippen LogP contribution is -2.30. The second-order valence-electron chi connectivity index (χ2n) is 4.69. The molecule has 1 atom stereocenters. The lowest BCUT2D eigenvalue weighted by atomic mass is 10.2. The van der Waals surface area contributed by atoms with E-state index >= 15 is 0 Å². The van der Waals surface area contributed by atoms with Gasteiger partial charge >= 0.3 is 6.18 Å². The van der Waals surface area contributed by atoms with Gasteiger partial charge in [-0.15, -0.1) is 0 Å². The van der Waals surface area contributed by atoms with Crippen molar-refractivity contribution >= 4 is 23.4 Å². The number of hydrogen-bond donors (Lipinski definition) is 1. The molecule has 1 aromatic heterocycles. The van der Waals surface area contributed by atoms with Crippen molar-refractivity contribution in [1.29, 1.82) is 0 Å². The number of thioether (sulfide) groups is 1. The molecule has 8 heteroatoms. The Bertz CT molecular complexity index is 707. The lowest BCUT2D eigenvalue weighted by molar-refractivity contribution is -0.645. The van der Waals surface area contributed by atoms with Crippen LogP contribution in [0.5, 0.6) is 0 Å². The molecule has 1 aromatic carbocycles. The average Bonchev–Trinajstić information content (AvgIpc) is 2.49. The van der Waals surface area contributed by atoms with Gasteiger partial charge in [-0.2, -0.15) is 17.9 Å². The zero-order valence-electron chi connectivity index (χ0n) is 12.0. The molecule has 2 rings (SSSR count). The second-order valence-corrected chi connectivity index (χ2v) is 6.05. The Labute approximate surface area is 134 Å². The number of carbonyl (C=O) groups excluding carboxylic acids is 1. The topological polar surface area (TPSA) is 56.0 Å². The molecule has 23 heavy (non-hydrogen) atoms. The Hall–Kier alpha value is -2.22. The van der Waals surface area contributed by atoms with Gasteiger partial charge in [0.2, 0.25) is 5.91 Å². The molecular formula is C15H13F3N2O2S. The van der Waals surface area contributed by atoms with Crippen LogP contribution in [0.4, 0.5) is 18.9 Å². The SMILES string of the molecule is C[C@H](Sc1cccc[n+]1[O-])C(=O)Nc1cccc(C(F)(F)F)c1. The molecule has 0 aliphatic rings. The second kappa shape index (κ2) is 6.91. The summed E-state index contributed by atoms with van der Waals surface area (Å²) in [5, 5.41) is 13.6. The molecule has 4 nitrogen and oxygen atoms in total. The monoisotopic (exact) mass is 342 g/mol. The van der Waals surface area contributed by atoms with Gasteiger partial charge in [-0.3, -0.25) is 4.79 Å². The number of pyridine rings is 1. The third-order valence-corrected chi connectivity index (χ3v) is 4.04. The van der Waals surface area contributed by atoms with Gasteiger partial charge in [0, 0.05) is 17.8 Å². The van der Waals surface area contributed by atoms with E-state index in [9.17, 15) is 23.2 Å². The summed E-state index contributed by atoms with van der Waals surface area (Å²) >= 11 is 1.02. The van der Waals surface area contributed by atoms with E-state index in [-0.39, 0.29) is 5.69 Å². The van der Waals surface area contributed by atoms with Crippen molar-refractivity contribution < 1.29 is 22.7 Å². The Morgan fingerprint density at radius 3 is 2.65 bits per heavy atom. The third kappa shape index (κ3) is 4.62. The number of rotatable bonds is 4. The zero-order valence-corrected chi connectivity index (χ0v) is 12.8. The van der Waals surface area contributed by atoms with Crippen LogP contribution >= 0.6 is 11.8 Å². The van der Waals surface area contributed by atoms with Crippen LogP contribution in [-0.4, -0.2) is 11.2 Å². The van der Waals surface area contributed by atoms with Gasteiger partial charge in [-0.1, -0.05) is 6.07 Å². The van der Waals surface area contributed by atoms with Crippen LogP contribution in [-0.2, 0) is 11.0 Å². The maximum atomic E-state index is 12.6. The summed E-state index contributed by atoms with van der Waals surface area (Å²) in [6, 6.07) is 9.17. The molecular weight excluding hydrogens is 329 g/mol. The van der Waals surface area contributed by atoms with E-state index in [2.05, 4.69) is 5.32 Å². The molecule has 1 heterocycles. The van der Waals surface area contributed by atoms with E-state index in [1.165, 1.54) is 18.3 Å². The fraction of sp³-hybridized carbons (Fsp3) is 0.200.